The number of nitrogens with zero attached hydrogens (tertiary/aromatic N) is 1. The van der Waals surface area contributed by atoms with E-state index in [4.69, 9.17) is 5.73 Å². The topological polar surface area (TPSA) is 29.3 Å². The van der Waals surface area contributed by atoms with Gasteiger partial charge in [-0.05, 0) is 35.6 Å². The molecule has 2 nitrogen and oxygen atoms in total. The summed E-state index contributed by atoms with van der Waals surface area (Å²) in [6.07, 6.45) is 1.19. The molecule has 0 saturated carbocycles. The molecular weight excluding hydrogens is 272 g/mol. The Kier molecular flexibility index (Phi) is 4.00. The molecular formula is C15H16N2S2. The van der Waals surface area contributed by atoms with Crippen LogP contribution in [-0.4, -0.2) is 18.0 Å². The van der Waals surface area contributed by atoms with E-state index in [1.54, 1.807) is 16.2 Å². The lowest BCUT2D eigenvalue weighted by atomic mass is 10.1. The van der Waals surface area contributed by atoms with Crippen molar-refractivity contribution in [1.82, 2.24) is 4.90 Å². The Labute approximate surface area is 121 Å². The van der Waals surface area contributed by atoms with Crippen LogP contribution in [0.15, 0.2) is 23.6 Å². The van der Waals surface area contributed by atoms with E-state index in [0.29, 0.717) is 6.54 Å². The third-order valence-electron chi connectivity index (χ3n) is 3.24. The molecule has 3 heterocycles. The fourth-order valence-electron chi connectivity index (χ4n) is 2.33. The monoisotopic (exact) mass is 288 g/mol. The molecule has 0 spiro atoms. The number of fused-ring (bicyclic) bond motifs is 1. The van der Waals surface area contributed by atoms with Gasteiger partial charge in [-0.1, -0.05) is 11.8 Å². The van der Waals surface area contributed by atoms with Crippen molar-refractivity contribution < 1.29 is 0 Å². The first-order chi connectivity index (χ1) is 9.35. The van der Waals surface area contributed by atoms with Crippen molar-refractivity contribution >= 4 is 22.7 Å². The first-order valence-corrected chi connectivity index (χ1v) is 8.10. The van der Waals surface area contributed by atoms with Gasteiger partial charge in [-0.2, -0.15) is 0 Å². The zero-order valence-electron chi connectivity index (χ0n) is 10.7. The van der Waals surface area contributed by atoms with Crippen molar-refractivity contribution in [2.24, 2.45) is 5.73 Å². The van der Waals surface area contributed by atoms with Gasteiger partial charge in [-0.25, -0.2) is 0 Å². The zero-order chi connectivity index (χ0) is 13.1. The van der Waals surface area contributed by atoms with Crippen LogP contribution >= 0.6 is 22.7 Å². The first kappa shape index (κ1) is 12.9. The van der Waals surface area contributed by atoms with E-state index >= 15 is 0 Å². The van der Waals surface area contributed by atoms with Gasteiger partial charge in [-0.3, -0.25) is 4.90 Å². The predicted molar refractivity (Wildman–Crippen MR) is 82.4 cm³/mol. The molecule has 0 aromatic carbocycles. The maximum atomic E-state index is 5.39. The molecule has 2 N–H and O–H groups in total. The fraction of sp³-hybridized carbons (Fsp3) is 0.333. The molecule has 0 saturated heterocycles. The van der Waals surface area contributed by atoms with Gasteiger partial charge < -0.3 is 5.73 Å². The van der Waals surface area contributed by atoms with E-state index < -0.39 is 0 Å². The normalized spacial score (nSPS) is 14.8. The summed E-state index contributed by atoms with van der Waals surface area (Å²) >= 11 is 3.67. The van der Waals surface area contributed by atoms with Crippen molar-refractivity contribution in [2.75, 3.05) is 13.1 Å². The summed E-state index contributed by atoms with van der Waals surface area (Å²) in [6, 6.07) is 6.55. The molecule has 0 unspecified atom stereocenters. The van der Waals surface area contributed by atoms with Gasteiger partial charge in [0.25, 0.3) is 0 Å². The Balaban J connectivity index is 1.65. The van der Waals surface area contributed by atoms with Crippen LogP contribution in [-0.2, 0) is 19.5 Å². The summed E-state index contributed by atoms with van der Waals surface area (Å²) in [5.74, 6) is 6.01. The van der Waals surface area contributed by atoms with Crippen LogP contribution in [0.1, 0.15) is 20.2 Å². The maximum Gasteiger partial charge on any atom is 0.0772 e. The lowest BCUT2D eigenvalue weighted by molar-refractivity contribution is 0.249. The Morgan fingerprint density at radius 3 is 3.16 bits per heavy atom. The standard InChI is InChI=1S/C15H16N2S2/c16-7-1-2-13-3-4-14(19-13)11-17-8-5-15-12(10-17)6-9-18-15/h3-4,6,9H,5,7-8,10-11,16H2. The van der Waals surface area contributed by atoms with E-state index in [-0.39, 0.29) is 0 Å². The van der Waals surface area contributed by atoms with E-state index in [9.17, 15) is 0 Å². The minimum absolute atomic E-state index is 0.431. The lowest BCUT2D eigenvalue weighted by Crippen LogP contribution is -2.28. The van der Waals surface area contributed by atoms with Crippen LogP contribution in [0.2, 0.25) is 0 Å². The van der Waals surface area contributed by atoms with Gasteiger partial charge in [0.05, 0.1) is 11.4 Å². The van der Waals surface area contributed by atoms with Crippen LogP contribution in [0.4, 0.5) is 0 Å². The van der Waals surface area contributed by atoms with Crippen molar-refractivity contribution in [3.63, 3.8) is 0 Å². The summed E-state index contributed by atoms with van der Waals surface area (Å²) in [5, 5.41) is 2.21. The smallest absolute Gasteiger partial charge is 0.0772 e. The molecule has 19 heavy (non-hydrogen) atoms. The first-order valence-electron chi connectivity index (χ1n) is 6.40. The van der Waals surface area contributed by atoms with Gasteiger partial charge in [0.1, 0.15) is 0 Å². The number of rotatable bonds is 2. The Morgan fingerprint density at radius 1 is 1.32 bits per heavy atom. The number of hydrogen-bond acceptors (Lipinski definition) is 4. The Hall–Kier alpha value is -1.12. The van der Waals surface area contributed by atoms with Crippen molar-refractivity contribution in [1.29, 1.82) is 0 Å². The minimum atomic E-state index is 0.431. The van der Waals surface area contributed by atoms with Crippen LogP contribution in [0.3, 0.4) is 0 Å². The van der Waals surface area contributed by atoms with Gasteiger partial charge >= 0.3 is 0 Å². The zero-order valence-corrected chi connectivity index (χ0v) is 12.3. The third kappa shape index (κ3) is 3.07. The summed E-state index contributed by atoms with van der Waals surface area (Å²) in [6.45, 7) is 3.71. The van der Waals surface area contributed by atoms with E-state index in [2.05, 4.69) is 40.3 Å². The molecule has 0 atom stereocenters. The average Bonchev–Trinajstić information content (AvgIpc) is 3.05. The van der Waals surface area contributed by atoms with E-state index in [1.165, 1.54) is 16.9 Å². The highest BCUT2D eigenvalue weighted by Crippen LogP contribution is 2.26. The molecule has 1 aliphatic rings. The highest BCUT2D eigenvalue weighted by Gasteiger charge is 2.17. The number of thiophene rings is 2. The second kappa shape index (κ2) is 5.89. The molecule has 2 aromatic rings. The highest BCUT2D eigenvalue weighted by molar-refractivity contribution is 7.12. The summed E-state index contributed by atoms with van der Waals surface area (Å²) in [4.78, 5) is 6.59. The van der Waals surface area contributed by atoms with Gasteiger partial charge in [0.2, 0.25) is 0 Å². The average molecular weight is 288 g/mol. The van der Waals surface area contributed by atoms with Crippen LogP contribution < -0.4 is 5.73 Å². The summed E-state index contributed by atoms with van der Waals surface area (Å²) in [7, 11) is 0. The van der Waals surface area contributed by atoms with Gasteiger partial charge in [0, 0.05) is 29.4 Å². The predicted octanol–water partition coefficient (Wildman–Crippen LogP) is 2.68. The Bertz CT molecular complexity index is 615. The van der Waals surface area contributed by atoms with Crippen molar-refractivity contribution in [3.05, 3.63) is 43.8 Å². The van der Waals surface area contributed by atoms with Crippen LogP contribution in [0.25, 0.3) is 0 Å². The molecule has 3 rings (SSSR count). The molecule has 0 fully saturated rings. The van der Waals surface area contributed by atoms with E-state index in [0.717, 1.165) is 24.5 Å². The second-order valence-corrected chi connectivity index (χ2v) is 6.77. The Morgan fingerprint density at radius 2 is 2.26 bits per heavy atom. The molecule has 0 amide bonds. The third-order valence-corrected chi connectivity index (χ3v) is 5.25. The largest absolute Gasteiger partial charge is 0.320 e. The van der Waals surface area contributed by atoms with Crippen LogP contribution in [0, 0.1) is 11.8 Å². The van der Waals surface area contributed by atoms with Gasteiger partial charge in [-0.15, -0.1) is 22.7 Å². The quantitative estimate of drug-likeness (QED) is 0.861. The molecule has 0 bridgehead atoms. The minimum Gasteiger partial charge on any atom is -0.320 e. The molecule has 0 aliphatic carbocycles. The molecule has 4 heteroatoms. The highest BCUT2D eigenvalue weighted by atomic mass is 32.1. The second-order valence-electron chi connectivity index (χ2n) is 4.60. The van der Waals surface area contributed by atoms with Crippen LogP contribution in [0.5, 0.6) is 0 Å². The molecule has 1 aliphatic heterocycles. The SMILES string of the molecule is NCC#Cc1ccc(CN2CCc3sccc3C2)s1. The molecule has 98 valence electrons. The van der Waals surface area contributed by atoms with Gasteiger partial charge in [0.15, 0.2) is 0 Å². The van der Waals surface area contributed by atoms with Crippen molar-refractivity contribution in [3.8, 4) is 11.8 Å². The van der Waals surface area contributed by atoms with Crippen molar-refractivity contribution in [2.45, 2.75) is 19.5 Å². The molecule has 2 aromatic heterocycles. The summed E-state index contributed by atoms with van der Waals surface area (Å²) in [5.41, 5.74) is 6.90. The molecule has 0 radical (unpaired) electrons. The lowest BCUT2D eigenvalue weighted by Gasteiger charge is -2.26. The van der Waals surface area contributed by atoms with E-state index in [1.807, 2.05) is 11.3 Å². The number of hydrogen-bond donors (Lipinski definition) is 1. The summed E-state index contributed by atoms with van der Waals surface area (Å²) < 4.78 is 0. The fourth-order valence-corrected chi connectivity index (χ4v) is 4.15. The number of nitrogens with two attached hydrogens (primary N) is 1. The maximum absolute atomic E-state index is 5.39.